The Morgan fingerprint density at radius 2 is 1.79 bits per heavy atom. The fourth-order valence-electron chi connectivity index (χ4n) is 2.74. The van der Waals surface area contributed by atoms with Crippen LogP contribution in [0.2, 0.25) is 0 Å². The summed E-state index contributed by atoms with van der Waals surface area (Å²) < 4.78 is 26.4. The minimum absolute atomic E-state index is 0.0463. The number of carbonyl (C=O) groups excluding carboxylic acids is 2. The Morgan fingerprint density at radius 3 is 2.33 bits per heavy atom. The lowest BCUT2D eigenvalue weighted by atomic mass is 10.1. The number of nitrogens with zero attached hydrogens (tertiary/aromatic N) is 3. The highest BCUT2D eigenvalue weighted by Gasteiger charge is 2.24. The predicted octanol–water partition coefficient (Wildman–Crippen LogP) is 1.65. The molecule has 0 N–H and O–H groups in total. The first-order chi connectivity index (χ1) is 11.3. The molecule has 2 rings (SSSR count). The molecule has 1 unspecified atom stereocenters. The van der Waals surface area contributed by atoms with E-state index in [0.717, 1.165) is 12.1 Å². The van der Waals surface area contributed by atoms with Crippen LogP contribution in [0.25, 0.3) is 0 Å². The number of benzene rings is 1. The van der Waals surface area contributed by atoms with Gasteiger partial charge in [-0.2, -0.15) is 0 Å². The summed E-state index contributed by atoms with van der Waals surface area (Å²) in [5.74, 6) is -1.86. The highest BCUT2D eigenvalue weighted by Crippen LogP contribution is 2.21. The van der Waals surface area contributed by atoms with Crippen LogP contribution in [0, 0.1) is 11.6 Å². The van der Waals surface area contributed by atoms with Crippen molar-refractivity contribution in [2.45, 2.75) is 19.9 Å². The van der Waals surface area contributed by atoms with Crippen LogP contribution in [0.4, 0.5) is 8.78 Å². The summed E-state index contributed by atoms with van der Waals surface area (Å²) in [6.07, 6.45) is 0. The lowest BCUT2D eigenvalue weighted by molar-refractivity contribution is -0.134. The Bertz CT molecular complexity index is 616. The van der Waals surface area contributed by atoms with Gasteiger partial charge in [-0.05, 0) is 24.6 Å². The van der Waals surface area contributed by atoms with Crippen molar-refractivity contribution in [3.63, 3.8) is 0 Å². The van der Waals surface area contributed by atoms with Crippen molar-refractivity contribution in [1.82, 2.24) is 14.7 Å². The Kier molecular flexibility index (Phi) is 5.88. The number of amides is 2. The molecule has 0 aromatic heterocycles. The second-order valence-corrected chi connectivity index (χ2v) is 6.14. The van der Waals surface area contributed by atoms with Gasteiger partial charge in [-0.15, -0.1) is 0 Å². The van der Waals surface area contributed by atoms with Crippen LogP contribution in [0.15, 0.2) is 18.2 Å². The van der Waals surface area contributed by atoms with Crippen molar-refractivity contribution < 1.29 is 18.4 Å². The standard InChI is InChI=1S/C17H23F2N3O2/c1-12(14-4-5-15(18)16(19)10-14)20(3)17(24)11-21-6-8-22(9-7-21)13(2)23/h4-5,10,12H,6-9,11H2,1-3H3. The normalized spacial score (nSPS) is 16.8. The fraction of sp³-hybridized carbons (Fsp3) is 0.529. The van der Waals surface area contributed by atoms with Crippen LogP contribution >= 0.6 is 0 Å². The van der Waals surface area contributed by atoms with Crippen LogP contribution in [0.1, 0.15) is 25.5 Å². The van der Waals surface area contributed by atoms with E-state index in [2.05, 4.69) is 0 Å². The first-order valence-electron chi connectivity index (χ1n) is 7.98. The monoisotopic (exact) mass is 339 g/mol. The Hall–Kier alpha value is -2.02. The van der Waals surface area contributed by atoms with Gasteiger partial charge in [0.05, 0.1) is 12.6 Å². The highest BCUT2D eigenvalue weighted by molar-refractivity contribution is 5.78. The summed E-state index contributed by atoms with van der Waals surface area (Å²) in [5, 5.41) is 0. The fourth-order valence-corrected chi connectivity index (χ4v) is 2.74. The zero-order valence-electron chi connectivity index (χ0n) is 14.3. The molecule has 7 heteroatoms. The summed E-state index contributed by atoms with van der Waals surface area (Å²) in [4.78, 5) is 29.0. The molecule has 0 aliphatic carbocycles. The van der Waals surface area contributed by atoms with Gasteiger partial charge in [0.2, 0.25) is 11.8 Å². The van der Waals surface area contributed by atoms with Crippen molar-refractivity contribution in [1.29, 1.82) is 0 Å². The van der Waals surface area contributed by atoms with Gasteiger partial charge in [-0.3, -0.25) is 14.5 Å². The molecule has 1 saturated heterocycles. The second-order valence-electron chi connectivity index (χ2n) is 6.14. The maximum atomic E-state index is 13.4. The molecular formula is C17H23F2N3O2. The number of hydrogen-bond donors (Lipinski definition) is 0. The quantitative estimate of drug-likeness (QED) is 0.838. The third kappa shape index (κ3) is 4.29. The lowest BCUT2D eigenvalue weighted by Gasteiger charge is -2.35. The molecule has 0 spiro atoms. The minimum Gasteiger partial charge on any atom is -0.340 e. The summed E-state index contributed by atoms with van der Waals surface area (Å²) in [7, 11) is 1.65. The molecule has 0 radical (unpaired) electrons. The van der Waals surface area contributed by atoms with E-state index in [1.807, 2.05) is 4.90 Å². The minimum atomic E-state index is -0.916. The highest BCUT2D eigenvalue weighted by atomic mass is 19.2. The summed E-state index contributed by atoms with van der Waals surface area (Å²) in [5.41, 5.74) is 0.547. The predicted molar refractivity (Wildman–Crippen MR) is 86.2 cm³/mol. The van der Waals surface area contributed by atoms with Gasteiger partial charge in [0.15, 0.2) is 11.6 Å². The molecule has 2 amide bonds. The number of piperazine rings is 1. The molecule has 0 saturated carbocycles. The van der Waals surface area contributed by atoms with Crippen LogP contribution < -0.4 is 0 Å². The molecule has 1 aromatic carbocycles. The van der Waals surface area contributed by atoms with E-state index in [9.17, 15) is 18.4 Å². The van der Waals surface area contributed by atoms with Crippen molar-refractivity contribution >= 4 is 11.8 Å². The third-order valence-electron chi connectivity index (χ3n) is 4.58. The van der Waals surface area contributed by atoms with Gasteiger partial charge in [0.1, 0.15) is 0 Å². The third-order valence-corrected chi connectivity index (χ3v) is 4.58. The first-order valence-corrected chi connectivity index (χ1v) is 7.98. The Balaban J connectivity index is 1.92. The van der Waals surface area contributed by atoms with E-state index in [1.165, 1.54) is 17.9 Å². The second kappa shape index (κ2) is 7.70. The molecular weight excluding hydrogens is 316 g/mol. The van der Waals surface area contributed by atoms with Crippen molar-refractivity contribution in [3.8, 4) is 0 Å². The molecule has 1 fully saturated rings. The van der Waals surface area contributed by atoms with Crippen molar-refractivity contribution in [2.75, 3.05) is 39.8 Å². The summed E-state index contributed by atoms with van der Waals surface area (Å²) >= 11 is 0. The summed E-state index contributed by atoms with van der Waals surface area (Å²) in [6.45, 7) is 6.10. The number of hydrogen-bond acceptors (Lipinski definition) is 3. The molecule has 1 atom stereocenters. The van der Waals surface area contributed by atoms with E-state index in [0.29, 0.717) is 31.7 Å². The van der Waals surface area contributed by atoms with Gasteiger partial charge in [0.25, 0.3) is 0 Å². The lowest BCUT2D eigenvalue weighted by Crippen LogP contribution is -2.50. The number of carbonyl (C=O) groups is 2. The summed E-state index contributed by atoms with van der Waals surface area (Å²) in [6, 6.07) is 3.32. The SMILES string of the molecule is CC(=O)N1CCN(CC(=O)N(C)C(C)c2ccc(F)c(F)c2)CC1. The molecule has 1 aromatic rings. The van der Waals surface area contributed by atoms with Crippen molar-refractivity contribution in [3.05, 3.63) is 35.4 Å². The Labute approximate surface area is 140 Å². The van der Waals surface area contributed by atoms with E-state index < -0.39 is 11.6 Å². The average Bonchev–Trinajstić information content (AvgIpc) is 2.56. The molecule has 5 nitrogen and oxygen atoms in total. The number of likely N-dealkylation sites (N-methyl/N-ethyl adjacent to an activating group) is 1. The zero-order valence-corrected chi connectivity index (χ0v) is 14.3. The van der Waals surface area contributed by atoms with Crippen LogP contribution in [-0.4, -0.2) is 66.3 Å². The molecule has 1 aliphatic heterocycles. The molecule has 1 aliphatic rings. The van der Waals surface area contributed by atoms with Gasteiger partial charge >= 0.3 is 0 Å². The van der Waals surface area contributed by atoms with E-state index >= 15 is 0 Å². The zero-order chi connectivity index (χ0) is 17.9. The topological polar surface area (TPSA) is 43.9 Å². The first kappa shape index (κ1) is 18.3. The van der Waals surface area contributed by atoms with Crippen LogP contribution in [0.5, 0.6) is 0 Å². The number of rotatable bonds is 4. The Morgan fingerprint density at radius 1 is 1.17 bits per heavy atom. The average molecular weight is 339 g/mol. The van der Waals surface area contributed by atoms with Gasteiger partial charge in [0, 0.05) is 40.2 Å². The maximum absolute atomic E-state index is 13.4. The van der Waals surface area contributed by atoms with E-state index in [-0.39, 0.29) is 24.4 Å². The number of halogens is 2. The van der Waals surface area contributed by atoms with E-state index in [4.69, 9.17) is 0 Å². The largest absolute Gasteiger partial charge is 0.340 e. The van der Waals surface area contributed by atoms with Gasteiger partial charge < -0.3 is 9.80 Å². The molecule has 1 heterocycles. The van der Waals surface area contributed by atoms with Gasteiger partial charge in [-0.1, -0.05) is 6.07 Å². The molecule has 132 valence electrons. The van der Waals surface area contributed by atoms with Crippen molar-refractivity contribution in [2.24, 2.45) is 0 Å². The van der Waals surface area contributed by atoms with Crippen LogP contribution in [0.3, 0.4) is 0 Å². The van der Waals surface area contributed by atoms with Gasteiger partial charge in [-0.25, -0.2) is 8.78 Å². The van der Waals surface area contributed by atoms with E-state index in [1.54, 1.807) is 18.9 Å². The maximum Gasteiger partial charge on any atom is 0.236 e. The smallest absolute Gasteiger partial charge is 0.236 e. The molecule has 24 heavy (non-hydrogen) atoms. The molecule has 0 bridgehead atoms. The van der Waals surface area contributed by atoms with Crippen LogP contribution in [-0.2, 0) is 9.59 Å².